The van der Waals surface area contributed by atoms with Crippen LogP contribution in [0.5, 0.6) is 5.75 Å². The van der Waals surface area contributed by atoms with Crippen molar-refractivity contribution in [1.29, 1.82) is 0 Å². The van der Waals surface area contributed by atoms with Crippen LogP contribution in [0.25, 0.3) is 10.9 Å². The second kappa shape index (κ2) is 8.76. The molecule has 3 aromatic rings. The van der Waals surface area contributed by atoms with E-state index in [1.165, 1.54) is 17.8 Å². The van der Waals surface area contributed by atoms with E-state index in [0.29, 0.717) is 37.0 Å². The summed E-state index contributed by atoms with van der Waals surface area (Å²) in [4.78, 5) is 28.2. The van der Waals surface area contributed by atoms with Crippen molar-refractivity contribution in [3.05, 3.63) is 65.5 Å². The fourth-order valence-electron chi connectivity index (χ4n) is 2.51. The first kappa shape index (κ1) is 21.7. The van der Waals surface area contributed by atoms with Crippen molar-refractivity contribution < 1.29 is 14.6 Å². The highest BCUT2D eigenvalue weighted by atomic mass is 79.9. The summed E-state index contributed by atoms with van der Waals surface area (Å²) in [6.07, 6.45) is 0.506. The van der Waals surface area contributed by atoms with Gasteiger partial charge in [0.15, 0.2) is 6.10 Å². The molecule has 0 spiro atoms. The van der Waals surface area contributed by atoms with Gasteiger partial charge in [-0.2, -0.15) is 9.78 Å². The second-order valence-electron chi connectivity index (χ2n) is 6.09. The Hall–Kier alpha value is -2.04. The molecule has 0 saturated carbocycles. The number of hydrogen-bond acceptors (Lipinski definition) is 5. The van der Waals surface area contributed by atoms with Crippen LogP contribution in [0.3, 0.4) is 0 Å². The van der Waals surface area contributed by atoms with Crippen LogP contribution in [-0.4, -0.2) is 33.1 Å². The molecule has 10 heteroatoms. The summed E-state index contributed by atoms with van der Waals surface area (Å²) in [5.41, 5.74) is 0.986. The molecule has 1 heterocycles. The third kappa shape index (κ3) is 4.76. The summed E-state index contributed by atoms with van der Waals surface area (Å²) in [5, 5.41) is 13.8. The number of carbonyl (C=O) groups is 1. The summed E-state index contributed by atoms with van der Waals surface area (Å²) >= 11 is 10.1. The van der Waals surface area contributed by atoms with Gasteiger partial charge >= 0.3 is 5.97 Å². The Bertz CT molecular complexity index is 1180. The summed E-state index contributed by atoms with van der Waals surface area (Å²) in [6.45, 7) is 3.15. The van der Waals surface area contributed by atoms with Crippen LogP contribution in [0.15, 0.2) is 53.6 Å². The zero-order chi connectivity index (χ0) is 21.3. The van der Waals surface area contributed by atoms with Crippen LogP contribution in [-0.2, 0) is 4.79 Å². The summed E-state index contributed by atoms with van der Waals surface area (Å²) < 4.78 is 8.55. The molecule has 0 radical (unpaired) electrons. The van der Waals surface area contributed by atoms with Crippen molar-refractivity contribution in [1.82, 2.24) is 9.66 Å². The van der Waals surface area contributed by atoms with Crippen molar-refractivity contribution in [3.8, 4) is 5.75 Å². The average molecular weight is 588 g/mol. The molecule has 1 aromatic heterocycles. The number of benzene rings is 2. The Labute approximate surface area is 190 Å². The van der Waals surface area contributed by atoms with Gasteiger partial charge in [-0.3, -0.25) is 4.79 Å². The molecule has 0 saturated heterocycles. The quantitative estimate of drug-likeness (QED) is 0.436. The molecule has 2 aromatic carbocycles. The van der Waals surface area contributed by atoms with Gasteiger partial charge in [-0.05, 0) is 81.6 Å². The number of aromatic nitrogens is 2. The maximum Gasteiger partial charge on any atom is 0.344 e. The molecule has 7 nitrogen and oxygen atoms in total. The first-order chi connectivity index (χ1) is 13.7. The highest BCUT2D eigenvalue weighted by molar-refractivity contribution is 9.11. The standard InChI is InChI=1S/C19H14Br3N3O4/c1-9(19(27)28)29-17-14(21)5-11(6-15(17)22)8-23-25-10(2)24-16-4-3-12(20)7-13(16)18(25)26/h3-9H,1-2H3,(H,27,28)/t9-/m0/s1. The smallest absolute Gasteiger partial charge is 0.344 e. The molecule has 0 amide bonds. The molecule has 0 bridgehead atoms. The number of carboxylic acids is 1. The van der Waals surface area contributed by atoms with Crippen LogP contribution in [0.2, 0.25) is 0 Å². The Balaban J connectivity index is 1.98. The third-order valence-corrected chi connectivity index (χ3v) is 5.63. The van der Waals surface area contributed by atoms with Gasteiger partial charge < -0.3 is 9.84 Å². The van der Waals surface area contributed by atoms with Gasteiger partial charge in [-0.1, -0.05) is 15.9 Å². The number of hydrogen-bond donors (Lipinski definition) is 1. The number of carboxylic acid groups (broad SMARTS) is 1. The molecule has 0 unspecified atom stereocenters. The van der Waals surface area contributed by atoms with Crippen molar-refractivity contribution in [2.24, 2.45) is 5.10 Å². The van der Waals surface area contributed by atoms with Crippen LogP contribution in [0.4, 0.5) is 0 Å². The maximum absolute atomic E-state index is 12.8. The topological polar surface area (TPSA) is 93.8 Å². The largest absolute Gasteiger partial charge is 0.479 e. The summed E-state index contributed by atoms with van der Waals surface area (Å²) in [7, 11) is 0. The predicted octanol–water partition coefficient (Wildman–Crippen LogP) is 4.73. The fourth-order valence-corrected chi connectivity index (χ4v) is 4.28. The van der Waals surface area contributed by atoms with Gasteiger partial charge in [0.05, 0.1) is 26.1 Å². The molecule has 0 aliphatic heterocycles. The van der Waals surface area contributed by atoms with E-state index < -0.39 is 12.1 Å². The van der Waals surface area contributed by atoms with E-state index in [9.17, 15) is 9.59 Å². The molecular weight excluding hydrogens is 574 g/mol. The van der Waals surface area contributed by atoms with Crippen molar-refractivity contribution in [2.75, 3.05) is 0 Å². The van der Waals surface area contributed by atoms with E-state index in [2.05, 4.69) is 57.9 Å². The summed E-state index contributed by atoms with van der Waals surface area (Å²) in [5.74, 6) is -0.253. The Kier molecular flexibility index (Phi) is 6.55. The molecular formula is C19H14Br3N3O4. The lowest BCUT2D eigenvalue weighted by atomic mass is 10.2. The van der Waals surface area contributed by atoms with Gasteiger partial charge in [-0.25, -0.2) is 9.78 Å². The van der Waals surface area contributed by atoms with Gasteiger partial charge in [0.1, 0.15) is 11.6 Å². The normalized spacial score (nSPS) is 12.4. The number of ether oxygens (including phenoxy) is 1. The van der Waals surface area contributed by atoms with Gasteiger partial charge in [0.25, 0.3) is 5.56 Å². The Morgan fingerprint density at radius 2 is 1.90 bits per heavy atom. The van der Waals surface area contributed by atoms with Gasteiger partial charge in [0.2, 0.25) is 0 Å². The van der Waals surface area contributed by atoms with E-state index in [1.54, 1.807) is 31.2 Å². The Morgan fingerprint density at radius 3 is 2.52 bits per heavy atom. The van der Waals surface area contributed by atoms with Gasteiger partial charge in [-0.15, -0.1) is 0 Å². The zero-order valence-electron chi connectivity index (χ0n) is 15.2. The minimum absolute atomic E-state index is 0.279. The van der Waals surface area contributed by atoms with Crippen LogP contribution in [0, 0.1) is 6.92 Å². The van der Waals surface area contributed by atoms with Crippen molar-refractivity contribution >= 4 is 70.9 Å². The number of aryl methyl sites for hydroxylation is 1. The monoisotopic (exact) mass is 585 g/mol. The molecule has 1 N–H and O–H groups in total. The highest BCUT2D eigenvalue weighted by Crippen LogP contribution is 2.35. The maximum atomic E-state index is 12.8. The molecule has 0 aliphatic rings. The second-order valence-corrected chi connectivity index (χ2v) is 8.72. The van der Waals surface area contributed by atoms with Crippen molar-refractivity contribution in [2.45, 2.75) is 20.0 Å². The molecule has 0 fully saturated rings. The van der Waals surface area contributed by atoms with E-state index in [0.717, 1.165) is 4.47 Å². The number of halogens is 3. The molecule has 29 heavy (non-hydrogen) atoms. The van der Waals surface area contributed by atoms with Gasteiger partial charge in [0, 0.05) is 4.47 Å². The predicted molar refractivity (Wildman–Crippen MR) is 121 cm³/mol. The summed E-state index contributed by atoms with van der Waals surface area (Å²) in [6, 6.07) is 8.73. The molecule has 150 valence electrons. The highest BCUT2D eigenvalue weighted by Gasteiger charge is 2.17. The van der Waals surface area contributed by atoms with E-state index in [4.69, 9.17) is 9.84 Å². The molecule has 3 rings (SSSR count). The number of aliphatic carboxylic acids is 1. The van der Waals surface area contributed by atoms with Crippen LogP contribution >= 0.6 is 47.8 Å². The SMILES string of the molecule is Cc1nc2ccc(Br)cc2c(=O)n1N=Cc1cc(Br)c(O[C@@H](C)C(=O)O)c(Br)c1. The molecule has 0 aliphatic carbocycles. The van der Waals surface area contributed by atoms with Crippen LogP contribution in [0.1, 0.15) is 18.3 Å². The number of rotatable bonds is 5. The number of fused-ring (bicyclic) bond motifs is 1. The lowest BCUT2D eigenvalue weighted by Crippen LogP contribution is -2.23. The number of nitrogens with zero attached hydrogens (tertiary/aromatic N) is 3. The van der Waals surface area contributed by atoms with E-state index in [1.807, 2.05) is 6.07 Å². The fraction of sp³-hybridized carbons (Fsp3) is 0.158. The van der Waals surface area contributed by atoms with E-state index >= 15 is 0 Å². The minimum Gasteiger partial charge on any atom is -0.479 e. The minimum atomic E-state index is -1.07. The lowest BCUT2D eigenvalue weighted by molar-refractivity contribution is -0.144. The first-order valence-electron chi connectivity index (χ1n) is 8.29. The van der Waals surface area contributed by atoms with Crippen molar-refractivity contribution in [3.63, 3.8) is 0 Å². The van der Waals surface area contributed by atoms with E-state index in [-0.39, 0.29) is 5.56 Å². The lowest BCUT2D eigenvalue weighted by Gasteiger charge is -2.14. The van der Waals surface area contributed by atoms with Crippen LogP contribution < -0.4 is 10.3 Å². The Morgan fingerprint density at radius 1 is 1.24 bits per heavy atom. The molecule has 1 atom stereocenters. The zero-order valence-corrected chi connectivity index (χ0v) is 19.9. The first-order valence-corrected chi connectivity index (χ1v) is 10.7. The third-order valence-electron chi connectivity index (χ3n) is 3.96. The average Bonchev–Trinajstić information content (AvgIpc) is 2.65.